The molecule has 170 valence electrons. The summed E-state index contributed by atoms with van der Waals surface area (Å²) >= 11 is 12.1. The fourth-order valence-electron chi connectivity index (χ4n) is 4.32. The topological polar surface area (TPSA) is 126 Å². The number of H-pyrrole nitrogens is 1. The van der Waals surface area contributed by atoms with E-state index in [0.29, 0.717) is 34.9 Å². The largest absolute Gasteiger partial charge is 0.384 e. The van der Waals surface area contributed by atoms with Gasteiger partial charge in [-0.2, -0.15) is 5.26 Å². The number of aromatic nitrogens is 1. The number of nitrogens with one attached hydrogen (secondary N) is 2. The summed E-state index contributed by atoms with van der Waals surface area (Å²) in [5.41, 5.74) is -0.238. The van der Waals surface area contributed by atoms with Crippen LogP contribution in [0.5, 0.6) is 0 Å². The summed E-state index contributed by atoms with van der Waals surface area (Å²) in [6, 6.07) is 5.77. The zero-order valence-corrected chi connectivity index (χ0v) is 20.0. The lowest BCUT2D eigenvalue weighted by Gasteiger charge is -2.43. The van der Waals surface area contributed by atoms with Crippen LogP contribution in [-0.2, 0) is 22.0 Å². The molecule has 2 aromatic rings. The van der Waals surface area contributed by atoms with Crippen LogP contribution in [0.25, 0.3) is 0 Å². The number of sulfonamides is 1. The SMILES string of the molecule is Cc1[nH]c(S(=O)(=O)NC2Cc3cc(Cl)c(Cl)cc3C2(C)O)cc1C(=O)N1CC(C)(C#N)C1. The van der Waals surface area contributed by atoms with Crippen LogP contribution in [0.15, 0.2) is 23.2 Å². The molecule has 1 saturated heterocycles. The van der Waals surface area contributed by atoms with Crippen LogP contribution in [0.4, 0.5) is 0 Å². The fourth-order valence-corrected chi connectivity index (χ4v) is 6.04. The molecule has 2 aliphatic rings. The van der Waals surface area contributed by atoms with Crippen LogP contribution in [-0.4, -0.2) is 48.4 Å². The number of hydrogen-bond donors (Lipinski definition) is 3. The van der Waals surface area contributed by atoms with Crippen molar-refractivity contribution in [2.45, 2.75) is 43.9 Å². The Labute approximate surface area is 196 Å². The second-order valence-corrected chi connectivity index (χ2v) is 11.5. The van der Waals surface area contributed by atoms with Crippen LogP contribution in [0.2, 0.25) is 10.0 Å². The first kappa shape index (κ1) is 23.1. The van der Waals surface area contributed by atoms with Crippen molar-refractivity contribution in [3.63, 3.8) is 0 Å². The summed E-state index contributed by atoms with van der Waals surface area (Å²) in [5.74, 6) is -0.336. The van der Waals surface area contributed by atoms with Crippen LogP contribution in [0, 0.1) is 23.7 Å². The van der Waals surface area contributed by atoms with Gasteiger partial charge in [0.15, 0.2) is 0 Å². The first-order valence-electron chi connectivity index (χ1n) is 9.91. The highest BCUT2D eigenvalue weighted by Gasteiger charge is 2.45. The minimum atomic E-state index is -4.08. The van der Waals surface area contributed by atoms with Crippen molar-refractivity contribution in [2.24, 2.45) is 5.41 Å². The van der Waals surface area contributed by atoms with Gasteiger partial charge in [0.05, 0.1) is 33.1 Å². The number of aromatic amines is 1. The van der Waals surface area contributed by atoms with E-state index < -0.39 is 27.1 Å². The van der Waals surface area contributed by atoms with Gasteiger partial charge < -0.3 is 15.0 Å². The van der Waals surface area contributed by atoms with E-state index in [-0.39, 0.29) is 27.9 Å². The Morgan fingerprint density at radius 3 is 2.53 bits per heavy atom. The van der Waals surface area contributed by atoms with Gasteiger partial charge >= 0.3 is 0 Å². The molecule has 1 aromatic heterocycles. The first-order chi connectivity index (χ1) is 14.8. The van der Waals surface area contributed by atoms with E-state index in [1.54, 1.807) is 26.0 Å². The highest BCUT2D eigenvalue weighted by Crippen LogP contribution is 2.41. The Kier molecular flexibility index (Phi) is 5.39. The van der Waals surface area contributed by atoms with Gasteiger partial charge in [-0.15, -0.1) is 0 Å². The Morgan fingerprint density at radius 1 is 1.28 bits per heavy atom. The van der Waals surface area contributed by atoms with E-state index >= 15 is 0 Å². The van der Waals surface area contributed by atoms with Gasteiger partial charge in [-0.05, 0) is 56.5 Å². The van der Waals surface area contributed by atoms with E-state index in [9.17, 15) is 18.3 Å². The standard InChI is InChI=1S/C21H22Cl2N4O4S/c1-11-13(19(28)27-9-20(2,8-24)10-27)6-18(25-11)32(30,31)26-17-5-12-4-15(22)16(23)7-14(12)21(17,3)29/h4,6-7,17,25-26,29H,5,9-10H2,1-3H3. The first-order valence-corrected chi connectivity index (χ1v) is 12.1. The summed E-state index contributed by atoms with van der Waals surface area (Å²) in [5, 5.41) is 20.6. The number of rotatable bonds is 4. The van der Waals surface area contributed by atoms with Gasteiger partial charge in [0.25, 0.3) is 15.9 Å². The molecule has 3 N–H and O–H groups in total. The Balaban J connectivity index is 1.56. The molecule has 0 radical (unpaired) electrons. The van der Waals surface area contributed by atoms with E-state index in [0.717, 1.165) is 0 Å². The lowest BCUT2D eigenvalue weighted by molar-refractivity contribution is 0.0354. The highest BCUT2D eigenvalue weighted by atomic mass is 35.5. The molecule has 0 spiro atoms. The Bertz CT molecular complexity index is 1270. The molecule has 8 nitrogen and oxygen atoms in total. The molecule has 0 bridgehead atoms. The molecule has 4 rings (SSSR count). The van der Waals surface area contributed by atoms with Gasteiger partial charge in [-0.1, -0.05) is 23.2 Å². The smallest absolute Gasteiger partial charge is 0.256 e. The van der Waals surface area contributed by atoms with Gasteiger partial charge in [0.1, 0.15) is 10.6 Å². The van der Waals surface area contributed by atoms with E-state index in [1.807, 2.05) is 0 Å². The van der Waals surface area contributed by atoms with Gasteiger partial charge in [-0.25, -0.2) is 13.1 Å². The molecule has 1 aromatic carbocycles. The van der Waals surface area contributed by atoms with Crippen molar-refractivity contribution in [1.29, 1.82) is 5.26 Å². The minimum absolute atomic E-state index is 0.176. The third kappa shape index (κ3) is 3.70. The second kappa shape index (κ2) is 7.47. The lowest BCUT2D eigenvalue weighted by Crippen LogP contribution is -2.56. The highest BCUT2D eigenvalue weighted by molar-refractivity contribution is 7.89. The van der Waals surface area contributed by atoms with Crippen LogP contribution in [0.1, 0.15) is 41.0 Å². The minimum Gasteiger partial charge on any atom is -0.384 e. The number of nitriles is 1. The van der Waals surface area contributed by atoms with E-state index in [1.165, 1.54) is 17.9 Å². The number of carbonyl (C=O) groups is 1. The van der Waals surface area contributed by atoms with Crippen molar-refractivity contribution in [2.75, 3.05) is 13.1 Å². The number of aryl methyl sites for hydroxylation is 1. The lowest BCUT2D eigenvalue weighted by atomic mass is 9.83. The number of hydrogen-bond acceptors (Lipinski definition) is 5. The number of amides is 1. The number of carbonyl (C=O) groups excluding carboxylic acids is 1. The maximum absolute atomic E-state index is 13.1. The molecule has 1 aliphatic carbocycles. The molecule has 1 aliphatic heterocycles. The van der Waals surface area contributed by atoms with Gasteiger partial charge in [-0.3, -0.25) is 4.79 Å². The molecular weight excluding hydrogens is 475 g/mol. The number of benzene rings is 1. The van der Waals surface area contributed by atoms with E-state index in [4.69, 9.17) is 28.5 Å². The summed E-state index contributed by atoms with van der Waals surface area (Å²) < 4.78 is 28.7. The van der Waals surface area contributed by atoms with Crippen molar-refractivity contribution in [1.82, 2.24) is 14.6 Å². The van der Waals surface area contributed by atoms with Crippen molar-refractivity contribution in [3.8, 4) is 6.07 Å². The molecule has 2 unspecified atom stereocenters. The molecular formula is C21H22Cl2N4O4S. The van der Waals surface area contributed by atoms with Crippen LogP contribution >= 0.6 is 23.2 Å². The normalized spacial score (nSPS) is 24.0. The zero-order chi connectivity index (χ0) is 23.6. The summed E-state index contributed by atoms with van der Waals surface area (Å²) in [6.45, 7) is 5.48. The summed E-state index contributed by atoms with van der Waals surface area (Å²) in [4.78, 5) is 17.0. The molecule has 1 amide bonds. The third-order valence-corrected chi connectivity index (χ3v) is 8.35. The number of halogens is 2. The third-order valence-electron chi connectivity index (χ3n) is 6.24. The number of nitrogens with zero attached hydrogens (tertiary/aromatic N) is 2. The molecule has 32 heavy (non-hydrogen) atoms. The maximum Gasteiger partial charge on any atom is 0.256 e. The number of fused-ring (bicyclic) bond motifs is 1. The maximum atomic E-state index is 13.1. The van der Waals surface area contributed by atoms with Gasteiger partial charge in [0.2, 0.25) is 0 Å². The van der Waals surface area contributed by atoms with Crippen molar-refractivity contribution in [3.05, 3.63) is 50.6 Å². The van der Waals surface area contributed by atoms with Crippen LogP contribution in [0.3, 0.4) is 0 Å². The summed E-state index contributed by atoms with van der Waals surface area (Å²) in [6.07, 6.45) is 0.227. The Hall–Kier alpha value is -2.09. The summed E-state index contributed by atoms with van der Waals surface area (Å²) in [7, 11) is -4.08. The average molecular weight is 497 g/mol. The molecule has 2 heterocycles. The fraction of sp³-hybridized carbons (Fsp3) is 0.429. The average Bonchev–Trinajstić information content (AvgIpc) is 3.18. The number of likely N-dealkylation sites (tertiary alicyclic amines) is 1. The molecule has 11 heteroatoms. The van der Waals surface area contributed by atoms with Crippen molar-refractivity contribution >= 4 is 39.1 Å². The predicted octanol–water partition coefficient (Wildman–Crippen LogP) is 2.73. The zero-order valence-electron chi connectivity index (χ0n) is 17.7. The quantitative estimate of drug-likeness (QED) is 0.599. The van der Waals surface area contributed by atoms with Crippen molar-refractivity contribution < 1.29 is 18.3 Å². The second-order valence-electron chi connectivity index (χ2n) is 8.95. The number of aliphatic hydroxyl groups is 1. The molecule has 2 atom stereocenters. The molecule has 1 fully saturated rings. The Morgan fingerprint density at radius 2 is 1.91 bits per heavy atom. The predicted molar refractivity (Wildman–Crippen MR) is 119 cm³/mol. The molecule has 0 saturated carbocycles. The van der Waals surface area contributed by atoms with Gasteiger partial charge in [0, 0.05) is 18.8 Å². The van der Waals surface area contributed by atoms with E-state index in [2.05, 4.69) is 15.8 Å². The van der Waals surface area contributed by atoms with Crippen LogP contribution < -0.4 is 4.72 Å². The monoisotopic (exact) mass is 496 g/mol.